The van der Waals surface area contributed by atoms with Crippen molar-refractivity contribution >= 4 is 11.0 Å². The Morgan fingerprint density at radius 3 is 2.86 bits per heavy atom. The highest BCUT2D eigenvalue weighted by molar-refractivity contribution is 5.82. The molecule has 1 aromatic carbocycles. The van der Waals surface area contributed by atoms with Gasteiger partial charge >= 0.3 is 0 Å². The van der Waals surface area contributed by atoms with Crippen LogP contribution in [0.4, 0.5) is 0 Å². The Balaban J connectivity index is 1.71. The van der Waals surface area contributed by atoms with E-state index >= 15 is 0 Å². The number of para-hydroxylation sites is 1. The van der Waals surface area contributed by atoms with E-state index in [0.717, 1.165) is 30.9 Å². The van der Waals surface area contributed by atoms with Crippen LogP contribution in [0.25, 0.3) is 11.0 Å². The molecule has 0 atom stereocenters. The molecule has 1 heterocycles. The predicted molar refractivity (Wildman–Crippen MR) is 85.2 cm³/mol. The first-order valence-corrected chi connectivity index (χ1v) is 8.04. The third-order valence-electron chi connectivity index (χ3n) is 4.00. The van der Waals surface area contributed by atoms with Crippen LogP contribution < -0.4 is 5.32 Å². The van der Waals surface area contributed by atoms with Gasteiger partial charge in [-0.3, -0.25) is 0 Å². The highest BCUT2D eigenvalue weighted by Crippen LogP contribution is 2.28. The first-order chi connectivity index (χ1) is 10.2. The Bertz CT molecular complexity index is 584. The fourth-order valence-corrected chi connectivity index (χ4v) is 2.47. The lowest BCUT2D eigenvalue weighted by Crippen LogP contribution is -2.16. The molecule has 3 rings (SSSR count). The summed E-state index contributed by atoms with van der Waals surface area (Å²) in [7, 11) is 0. The maximum absolute atomic E-state index is 6.01. The Morgan fingerprint density at radius 1 is 1.29 bits per heavy atom. The van der Waals surface area contributed by atoms with Crippen LogP contribution in [0.5, 0.6) is 0 Å². The summed E-state index contributed by atoms with van der Waals surface area (Å²) in [6, 6.07) is 8.93. The highest BCUT2D eigenvalue weighted by atomic mass is 16.5. The minimum absolute atomic E-state index is 0.644. The van der Waals surface area contributed by atoms with Gasteiger partial charge < -0.3 is 14.5 Å². The molecule has 1 N–H and O–H groups in total. The van der Waals surface area contributed by atoms with Crippen LogP contribution in [0, 0.1) is 5.92 Å². The molecule has 3 nitrogen and oxygen atoms in total. The molecule has 3 heteroatoms. The topological polar surface area (TPSA) is 34.4 Å². The smallest absolute Gasteiger partial charge is 0.134 e. The second kappa shape index (κ2) is 6.63. The summed E-state index contributed by atoms with van der Waals surface area (Å²) < 4.78 is 11.9. The lowest BCUT2D eigenvalue weighted by molar-refractivity contribution is 0.110. The lowest BCUT2D eigenvalue weighted by Gasteiger charge is -2.07. The zero-order valence-corrected chi connectivity index (χ0v) is 13.0. The number of rotatable bonds is 8. The molecule has 0 spiro atoms. The summed E-state index contributed by atoms with van der Waals surface area (Å²) >= 11 is 0. The zero-order chi connectivity index (χ0) is 14.7. The largest absolute Gasteiger partial charge is 0.459 e. The standard InChI is InChI=1S/C18H25NO2/c1-13(2)9-10-20-12-16-15-5-3-4-6-17(15)21-18(16)11-19-14-7-8-14/h3-6,13-14,19H,7-12H2,1-2H3. The zero-order valence-electron chi connectivity index (χ0n) is 13.0. The molecular formula is C18H25NO2. The molecule has 0 bridgehead atoms. The molecule has 0 unspecified atom stereocenters. The van der Waals surface area contributed by atoms with E-state index in [9.17, 15) is 0 Å². The number of hydrogen-bond donors (Lipinski definition) is 1. The van der Waals surface area contributed by atoms with Crippen LogP contribution in [-0.2, 0) is 17.9 Å². The van der Waals surface area contributed by atoms with Gasteiger partial charge in [-0.1, -0.05) is 32.0 Å². The van der Waals surface area contributed by atoms with E-state index in [2.05, 4.69) is 31.3 Å². The summed E-state index contributed by atoms with van der Waals surface area (Å²) in [5.74, 6) is 1.72. The Kier molecular flexibility index (Phi) is 4.61. The molecule has 2 aromatic rings. The van der Waals surface area contributed by atoms with Crippen LogP contribution in [-0.4, -0.2) is 12.6 Å². The van der Waals surface area contributed by atoms with Gasteiger partial charge in [-0.25, -0.2) is 0 Å². The van der Waals surface area contributed by atoms with Crippen LogP contribution >= 0.6 is 0 Å². The van der Waals surface area contributed by atoms with Gasteiger partial charge in [-0.05, 0) is 31.2 Å². The van der Waals surface area contributed by atoms with Gasteiger partial charge in [0, 0.05) is 23.6 Å². The molecule has 0 saturated heterocycles. The predicted octanol–water partition coefficient (Wildman–Crippen LogP) is 4.25. The molecule has 114 valence electrons. The van der Waals surface area contributed by atoms with Gasteiger partial charge in [-0.2, -0.15) is 0 Å². The molecule has 1 saturated carbocycles. The third kappa shape index (κ3) is 3.86. The van der Waals surface area contributed by atoms with Crippen molar-refractivity contribution < 1.29 is 9.15 Å². The van der Waals surface area contributed by atoms with E-state index in [1.54, 1.807) is 0 Å². The van der Waals surface area contributed by atoms with Crippen molar-refractivity contribution in [1.29, 1.82) is 0 Å². The van der Waals surface area contributed by atoms with E-state index in [-0.39, 0.29) is 0 Å². The second-order valence-electron chi connectivity index (χ2n) is 6.39. The Labute approximate surface area is 126 Å². The molecule has 1 aliphatic carbocycles. The average molecular weight is 287 g/mol. The molecule has 21 heavy (non-hydrogen) atoms. The molecule has 0 amide bonds. The minimum atomic E-state index is 0.644. The van der Waals surface area contributed by atoms with Crippen LogP contribution in [0.3, 0.4) is 0 Å². The van der Waals surface area contributed by atoms with E-state index in [0.29, 0.717) is 18.6 Å². The molecule has 0 aliphatic heterocycles. The second-order valence-corrected chi connectivity index (χ2v) is 6.39. The number of nitrogens with one attached hydrogen (secondary N) is 1. The van der Waals surface area contributed by atoms with E-state index in [1.807, 2.05) is 12.1 Å². The summed E-state index contributed by atoms with van der Waals surface area (Å²) in [5, 5.41) is 4.72. The molecular weight excluding hydrogens is 262 g/mol. The quantitative estimate of drug-likeness (QED) is 0.737. The van der Waals surface area contributed by atoms with Crippen molar-refractivity contribution in [2.24, 2.45) is 5.92 Å². The van der Waals surface area contributed by atoms with Crippen LogP contribution in [0.2, 0.25) is 0 Å². The van der Waals surface area contributed by atoms with Crippen molar-refractivity contribution in [2.45, 2.75) is 52.3 Å². The van der Waals surface area contributed by atoms with Gasteiger partial charge in [0.25, 0.3) is 0 Å². The molecule has 0 radical (unpaired) electrons. The number of fused-ring (bicyclic) bond motifs is 1. The summed E-state index contributed by atoms with van der Waals surface area (Å²) in [4.78, 5) is 0. The summed E-state index contributed by atoms with van der Waals surface area (Å²) in [6.07, 6.45) is 3.69. The molecule has 1 aromatic heterocycles. The van der Waals surface area contributed by atoms with Crippen molar-refractivity contribution in [3.8, 4) is 0 Å². The van der Waals surface area contributed by atoms with Gasteiger partial charge in [0.2, 0.25) is 0 Å². The van der Waals surface area contributed by atoms with Gasteiger partial charge in [0.15, 0.2) is 0 Å². The minimum Gasteiger partial charge on any atom is -0.459 e. The SMILES string of the molecule is CC(C)CCOCc1c(CNC2CC2)oc2ccccc12. The first kappa shape index (κ1) is 14.6. The summed E-state index contributed by atoms with van der Waals surface area (Å²) in [5.41, 5.74) is 2.18. The number of hydrogen-bond acceptors (Lipinski definition) is 3. The van der Waals surface area contributed by atoms with Crippen molar-refractivity contribution in [2.75, 3.05) is 6.61 Å². The first-order valence-electron chi connectivity index (χ1n) is 8.04. The Hall–Kier alpha value is -1.32. The molecule has 1 aliphatic rings. The number of benzene rings is 1. The fourth-order valence-electron chi connectivity index (χ4n) is 2.47. The normalized spacial score (nSPS) is 15.2. The van der Waals surface area contributed by atoms with E-state index in [1.165, 1.54) is 23.8 Å². The van der Waals surface area contributed by atoms with Crippen molar-refractivity contribution in [3.05, 3.63) is 35.6 Å². The van der Waals surface area contributed by atoms with Gasteiger partial charge in [0.1, 0.15) is 11.3 Å². The lowest BCUT2D eigenvalue weighted by atomic mass is 10.1. The Morgan fingerprint density at radius 2 is 2.10 bits per heavy atom. The van der Waals surface area contributed by atoms with Crippen molar-refractivity contribution in [3.63, 3.8) is 0 Å². The summed E-state index contributed by atoms with van der Waals surface area (Å²) in [6.45, 7) is 6.71. The molecule has 1 fully saturated rings. The number of ether oxygens (including phenoxy) is 1. The van der Waals surface area contributed by atoms with Crippen LogP contribution in [0.1, 0.15) is 44.4 Å². The van der Waals surface area contributed by atoms with Crippen LogP contribution in [0.15, 0.2) is 28.7 Å². The van der Waals surface area contributed by atoms with Crippen molar-refractivity contribution in [1.82, 2.24) is 5.32 Å². The fraction of sp³-hybridized carbons (Fsp3) is 0.556. The monoisotopic (exact) mass is 287 g/mol. The number of furan rings is 1. The third-order valence-corrected chi connectivity index (χ3v) is 4.00. The maximum atomic E-state index is 6.01. The van der Waals surface area contributed by atoms with E-state index in [4.69, 9.17) is 9.15 Å². The highest BCUT2D eigenvalue weighted by Gasteiger charge is 2.22. The van der Waals surface area contributed by atoms with E-state index < -0.39 is 0 Å². The maximum Gasteiger partial charge on any atom is 0.134 e. The van der Waals surface area contributed by atoms with Gasteiger partial charge in [0.05, 0.1) is 13.2 Å². The average Bonchev–Trinajstić information content (AvgIpc) is 3.23. The van der Waals surface area contributed by atoms with Gasteiger partial charge in [-0.15, -0.1) is 0 Å².